The number of carbonyl (C=O) groups excluding carboxylic acids is 1. The van der Waals surface area contributed by atoms with E-state index in [-0.39, 0.29) is 12.5 Å². The molecule has 7 heteroatoms. The number of nitrogens with one attached hydrogen (secondary N) is 1. The average Bonchev–Trinajstić information content (AvgIpc) is 2.77. The summed E-state index contributed by atoms with van der Waals surface area (Å²) in [5, 5.41) is 12.9. The number of rotatable bonds is 7. The number of nitrogens with zero attached hydrogens (tertiary/aromatic N) is 1. The third-order valence-corrected chi connectivity index (χ3v) is 5.08. The molecular formula is C24H18BrClN2O3. The van der Waals surface area contributed by atoms with Crippen LogP contribution in [-0.2, 0) is 4.79 Å². The zero-order valence-corrected chi connectivity index (χ0v) is 18.9. The van der Waals surface area contributed by atoms with Gasteiger partial charge in [0.2, 0.25) is 0 Å². The van der Waals surface area contributed by atoms with Crippen LogP contribution in [0.1, 0.15) is 11.1 Å². The van der Waals surface area contributed by atoms with Gasteiger partial charge in [-0.1, -0.05) is 41.9 Å². The van der Waals surface area contributed by atoms with E-state index < -0.39 is 0 Å². The SMILES string of the molecule is COc1cc(/C=C(\C#N)c2ccc(Cl)cc2)cc(Br)c1OCC(=O)Nc1ccccc1. The van der Waals surface area contributed by atoms with Crippen molar-refractivity contribution in [3.8, 4) is 17.6 Å². The fraction of sp³-hybridized carbons (Fsp3) is 0.0833. The molecule has 0 aromatic heterocycles. The molecule has 3 aromatic rings. The lowest BCUT2D eigenvalue weighted by molar-refractivity contribution is -0.118. The van der Waals surface area contributed by atoms with E-state index in [1.807, 2.05) is 18.2 Å². The minimum atomic E-state index is -0.293. The number of hydrogen-bond acceptors (Lipinski definition) is 4. The number of carbonyl (C=O) groups is 1. The molecule has 1 amide bonds. The van der Waals surface area contributed by atoms with Gasteiger partial charge in [-0.3, -0.25) is 4.79 Å². The molecule has 0 saturated heterocycles. The van der Waals surface area contributed by atoms with Crippen molar-refractivity contribution in [2.45, 2.75) is 0 Å². The van der Waals surface area contributed by atoms with Gasteiger partial charge in [0, 0.05) is 10.7 Å². The van der Waals surface area contributed by atoms with Crippen LogP contribution >= 0.6 is 27.5 Å². The molecule has 0 aliphatic rings. The lowest BCUT2D eigenvalue weighted by Gasteiger charge is -2.14. The van der Waals surface area contributed by atoms with Crippen LogP contribution in [0.5, 0.6) is 11.5 Å². The molecule has 0 heterocycles. The fourth-order valence-corrected chi connectivity index (χ4v) is 3.50. The second-order valence-electron chi connectivity index (χ2n) is 6.41. The first-order valence-corrected chi connectivity index (χ1v) is 10.4. The number of nitriles is 1. The molecule has 156 valence electrons. The van der Waals surface area contributed by atoms with Crippen LogP contribution in [0.2, 0.25) is 5.02 Å². The summed E-state index contributed by atoms with van der Waals surface area (Å²) in [6.07, 6.45) is 1.74. The molecule has 1 N–H and O–H groups in total. The van der Waals surface area contributed by atoms with Gasteiger partial charge in [0.1, 0.15) is 0 Å². The summed E-state index contributed by atoms with van der Waals surface area (Å²) in [5.74, 6) is 0.535. The molecule has 0 saturated carbocycles. The number of allylic oxidation sites excluding steroid dienone is 1. The number of para-hydroxylation sites is 1. The number of anilines is 1. The maximum atomic E-state index is 12.2. The first-order valence-electron chi connectivity index (χ1n) is 9.23. The van der Waals surface area contributed by atoms with E-state index in [9.17, 15) is 10.1 Å². The standard InChI is InChI=1S/C24H18BrClN2O3/c1-30-22-13-16(11-18(14-27)17-7-9-19(26)10-8-17)12-21(25)24(22)31-15-23(29)28-20-5-3-2-4-6-20/h2-13H,15H2,1H3,(H,28,29)/b18-11+. The fourth-order valence-electron chi connectivity index (χ4n) is 2.80. The highest BCUT2D eigenvalue weighted by Gasteiger charge is 2.14. The highest BCUT2D eigenvalue weighted by molar-refractivity contribution is 9.10. The van der Waals surface area contributed by atoms with Gasteiger partial charge in [0.05, 0.1) is 23.2 Å². The second kappa shape index (κ2) is 10.7. The molecule has 0 aliphatic carbocycles. The zero-order valence-electron chi connectivity index (χ0n) is 16.6. The first-order chi connectivity index (χ1) is 15.0. The number of amides is 1. The number of ether oxygens (including phenoxy) is 2. The normalized spacial score (nSPS) is 10.8. The van der Waals surface area contributed by atoms with Gasteiger partial charge in [0.15, 0.2) is 18.1 Å². The van der Waals surface area contributed by atoms with E-state index in [1.165, 1.54) is 7.11 Å². The van der Waals surface area contributed by atoms with Gasteiger partial charge >= 0.3 is 0 Å². The molecule has 0 spiro atoms. The summed E-state index contributed by atoms with van der Waals surface area (Å²) >= 11 is 9.39. The van der Waals surface area contributed by atoms with Crippen molar-refractivity contribution in [1.82, 2.24) is 0 Å². The van der Waals surface area contributed by atoms with E-state index in [4.69, 9.17) is 21.1 Å². The van der Waals surface area contributed by atoms with Gasteiger partial charge in [-0.05, 0) is 69.5 Å². The highest BCUT2D eigenvalue weighted by atomic mass is 79.9. The molecular weight excluding hydrogens is 480 g/mol. The highest BCUT2D eigenvalue weighted by Crippen LogP contribution is 2.37. The molecule has 31 heavy (non-hydrogen) atoms. The summed E-state index contributed by atoms with van der Waals surface area (Å²) in [6, 6.07) is 21.9. The molecule has 0 fully saturated rings. The number of halogens is 2. The van der Waals surface area contributed by atoms with Crippen molar-refractivity contribution in [1.29, 1.82) is 5.26 Å². The van der Waals surface area contributed by atoms with Crippen LogP contribution in [0.4, 0.5) is 5.69 Å². The number of hydrogen-bond donors (Lipinski definition) is 1. The Morgan fingerprint density at radius 1 is 1.16 bits per heavy atom. The van der Waals surface area contributed by atoms with Crippen LogP contribution in [0, 0.1) is 11.3 Å². The minimum Gasteiger partial charge on any atom is -0.493 e. The Morgan fingerprint density at radius 3 is 2.52 bits per heavy atom. The Balaban J connectivity index is 1.78. The molecule has 0 radical (unpaired) electrons. The summed E-state index contributed by atoms with van der Waals surface area (Å²) in [4.78, 5) is 12.2. The third-order valence-electron chi connectivity index (χ3n) is 4.24. The van der Waals surface area contributed by atoms with Crippen molar-refractivity contribution in [3.05, 3.63) is 87.4 Å². The zero-order chi connectivity index (χ0) is 22.2. The first kappa shape index (κ1) is 22.4. The lowest BCUT2D eigenvalue weighted by atomic mass is 10.0. The molecule has 0 unspecified atom stereocenters. The predicted molar refractivity (Wildman–Crippen MR) is 126 cm³/mol. The largest absolute Gasteiger partial charge is 0.493 e. The Hall–Kier alpha value is -3.27. The molecule has 0 atom stereocenters. The van der Waals surface area contributed by atoms with Gasteiger partial charge in [0.25, 0.3) is 5.91 Å². The summed E-state index contributed by atoms with van der Waals surface area (Å²) < 4.78 is 11.7. The summed E-state index contributed by atoms with van der Waals surface area (Å²) in [7, 11) is 1.51. The number of methoxy groups -OCH3 is 1. The maximum absolute atomic E-state index is 12.2. The molecule has 3 aromatic carbocycles. The Labute approximate surface area is 194 Å². The van der Waals surface area contributed by atoms with E-state index >= 15 is 0 Å². The molecule has 0 bridgehead atoms. The predicted octanol–water partition coefficient (Wildman–Crippen LogP) is 6.19. The smallest absolute Gasteiger partial charge is 0.262 e. The average molecular weight is 498 g/mol. The van der Waals surface area contributed by atoms with Crippen molar-refractivity contribution < 1.29 is 14.3 Å². The van der Waals surface area contributed by atoms with Crippen LogP contribution in [-0.4, -0.2) is 19.6 Å². The minimum absolute atomic E-state index is 0.187. The Kier molecular flexibility index (Phi) is 7.71. The Morgan fingerprint density at radius 2 is 1.87 bits per heavy atom. The maximum Gasteiger partial charge on any atom is 0.262 e. The van der Waals surface area contributed by atoms with E-state index in [0.717, 1.165) is 11.1 Å². The van der Waals surface area contributed by atoms with E-state index in [2.05, 4.69) is 27.3 Å². The van der Waals surface area contributed by atoms with E-state index in [1.54, 1.807) is 54.6 Å². The number of benzene rings is 3. The second-order valence-corrected chi connectivity index (χ2v) is 7.70. The molecule has 3 rings (SSSR count). The van der Waals surface area contributed by atoms with Crippen LogP contribution in [0.3, 0.4) is 0 Å². The summed E-state index contributed by atoms with van der Waals surface area (Å²) in [6.45, 7) is -0.187. The Bertz CT molecular complexity index is 1140. The molecule has 0 aliphatic heterocycles. The van der Waals surface area contributed by atoms with Crippen molar-refractivity contribution in [2.75, 3.05) is 19.0 Å². The lowest BCUT2D eigenvalue weighted by Crippen LogP contribution is -2.20. The van der Waals surface area contributed by atoms with Gasteiger partial charge < -0.3 is 14.8 Å². The van der Waals surface area contributed by atoms with Gasteiger partial charge in [-0.15, -0.1) is 0 Å². The van der Waals surface area contributed by atoms with Crippen LogP contribution in [0.25, 0.3) is 11.6 Å². The third kappa shape index (κ3) is 6.11. The van der Waals surface area contributed by atoms with E-state index in [0.29, 0.717) is 32.3 Å². The topological polar surface area (TPSA) is 71.3 Å². The quantitative estimate of drug-likeness (QED) is 0.312. The van der Waals surface area contributed by atoms with Crippen LogP contribution in [0.15, 0.2) is 71.2 Å². The van der Waals surface area contributed by atoms with Crippen molar-refractivity contribution in [3.63, 3.8) is 0 Å². The van der Waals surface area contributed by atoms with Crippen molar-refractivity contribution >= 4 is 50.8 Å². The van der Waals surface area contributed by atoms with Crippen molar-refractivity contribution in [2.24, 2.45) is 0 Å². The van der Waals surface area contributed by atoms with Gasteiger partial charge in [-0.25, -0.2) is 0 Å². The van der Waals surface area contributed by atoms with Gasteiger partial charge in [-0.2, -0.15) is 5.26 Å². The molecule has 5 nitrogen and oxygen atoms in total. The monoisotopic (exact) mass is 496 g/mol. The summed E-state index contributed by atoms with van der Waals surface area (Å²) in [5.41, 5.74) is 2.64. The van der Waals surface area contributed by atoms with Crippen LogP contribution < -0.4 is 14.8 Å².